The summed E-state index contributed by atoms with van der Waals surface area (Å²) in [5, 5.41) is 0. The number of allylic oxidation sites excluding steroid dienone is 2. The number of esters is 1. The zero-order valence-electron chi connectivity index (χ0n) is 16.4. The van der Waals surface area contributed by atoms with E-state index < -0.39 is 5.41 Å². The van der Waals surface area contributed by atoms with Crippen molar-refractivity contribution in [1.29, 1.82) is 0 Å². The summed E-state index contributed by atoms with van der Waals surface area (Å²) in [5.74, 6) is 0.582. The van der Waals surface area contributed by atoms with Crippen molar-refractivity contribution in [2.75, 3.05) is 13.7 Å². The average Bonchev–Trinajstić information content (AvgIpc) is 2.54. The van der Waals surface area contributed by atoms with Crippen LogP contribution in [-0.2, 0) is 14.9 Å². The monoisotopic (exact) mass is 344 g/mol. The molecule has 0 bridgehead atoms. The average molecular weight is 344 g/mol. The van der Waals surface area contributed by atoms with Gasteiger partial charge in [0.25, 0.3) is 0 Å². The fourth-order valence-corrected chi connectivity index (χ4v) is 3.61. The van der Waals surface area contributed by atoms with Gasteiger partial charge in [-0.05, 0) is 38.2 Å². The Balaban J connectivity index is 3.69. The predicted octanol–water partition coefficient (Wildman–Crippen LogP) is 5.37. The van der Waals surface area contributed by atoms with Crippen molar-refractivity contribution >= 4 is 5.97 Å². The summed E-state index contributed by atoms with van der Waals surface area (Å²) in [6.07, 6.45) is 5.47. The van der Waals surface area contributed by atoms with Crippen molar-refractivity contribution in [2.24, 2.45) is 5.41 Å². The molecule has 1 atom stereocenters. The smallest absolute Gasteiger partial charge is 0.306 e. The molecule has 1 aromatic carbocycles. The van der Waals surface area contributed by atoms with Gasteiger partial charge in [0.2, 0.25) is 0 Å². The maximum atomic E-state index is 12.5. The summed E-state index contributed by atoms with van der Waals surface area (Å²) < 4.78 is 11.0. The van der Waals surface area contributed by atoms with Gasteiger partial charge in [-0.2, -0.15) is 0 Å². The molecular formula is C22H32O3. The Labute approximate surface area is 152 Å². The fraction of sp³-hybridized carbons (Fsp3) is 0.500. The molecule has 0 aliphatic rings. The highest BCUT2D eigenvalue weighted by atomic mass is 16.5. The van der Waals surface area contributed by atoms with Crippen LogP contribution in [0.5, 0.6) is 5.75 Å². The maximum Gasteiger partial charge on any atom is 0.306 e. The lowest BCUT2D eigenvalue weighted by molar-refractivity contribution is -0.146. The molecule has 138 valence electrons. The van der Waals surface area contributed by atoms with Gasteiger partial charge >= 0.3 is 5.97 Å². The number of methoxy groups -OCH3 is 1. The fourth-order valence-electron chi connectivity index (χ4n) is 3.61. The van der Waals surface area contributed by atoms with Gasteiger partial charge in [-0.15, -0.1) is 13.2 Å². The number of carbonyl (C=O) groups excluding carboxylic acids is 1. The normalized spacial score (nSPS) is 13.6. The topological polar surface area (TPSA) is 35.5 Å². The van der Waals surface area contributed by atoms with Crippen LogP contribution in [0.25, 0.3) is 0 Å². The van der Waals surface area contributed by atoms with E-state index in [1.807, 2.05) is 38.1 Å². The van der Waals surface area contributed by atoms with E-state index in [1.54, 1.807) is 7.11 Å². The van der Waals surface area contributed by atoms with Crippen molar-refractivity contribution in [3.05, 3.63) is 54.6 Å². The molecule has 0 aliphatic carbocycles. The van der Waals surface area contributed by atoms with E-state index >= 15 is 0 Å². The van der Waals surface area contributed by atoms with Crippen LogP contribution in [0.15, 0.2) is 43.5 Å². The SMILES string of the molecule is C=CCC(C)(C)[C@@](CC=C)(CC(=O)OCC)c1cc(C)ccc1OC. The predicted molar refractivity (Wildman–Crippen MR) is 104 cm³/mol. The second kappa shape index (κ2) is 8.89. The van der Waals surface area contributed by atoms with E-state index in [-0.39, 0.29) is 17.8 Å². The molecule has 1 aromatic rings. The Bertz CT molecular complexity index is 616. The second-order valence-electron chi connectivity index (χ2n) is 7.14. The van der Waals surface area contributed by atoms with Gasteiger partial charge in [0, 0.05) is 11.0 Å². The van der Waals surface area contributed by atoms with Crippen molar-refractivity contribution in [3.63, 3.8) is 0 Å². The van der Waals surface area contributed by atoms with Crippen LogP contribution in [-0.4, -0.2) is 19.7 Å². The van der Waals surface area contributed by atoms with Crippen LogP contribution in [0, 0.1) is 12.3 Å². The van der Waals surface area contributed by atoms with E-state index in [0.717, 1.165) is 23.3 Å². The third kappa shape index (κ3) is 4.53. The Morgan fingerprint density at radius 2 is 1.84 bits per heavy atom. The Morgan fingerprint density at radius 1 is 1.20 bits per heavy atom. The molecule has 0 N–H and O–H groups in total. The molecule has 0 aliphatic heterocycles. The van der Waals surface area contributed by atoms with Gasteiger partial charge in [0.1, 0.15) is 5.75 Å². The zero-order chi connectivity index (χ0) is 19.1. The quantitative estimate of drug-likeness (QED) is 0.423. The lowest BCUT2D eigenvalue weighted by Crippen LogP contribution is -2.44. The molecule has 0 radical (unpaired) electrons. The summed E-state index contributed by atoms with van der Waals surface area (Å²) in [5.41, 5.74) is 1.42. The van der Waals surface area contributed by atoms with E-state index in [2.05, 4.69) is 33.1 Å². The number of ether oxygens (including phenoxy) is 2. The first-order valence-corrected chi connectivity index (χ1v) is 8.80. The minimum atomic E-state index is -0.493. The summed E-state index contributed by atoms with van der Waals surface area (Å²) in [4.78, 5) is 12.5. The highest BCUT2D eigenvalue weighted by molar-refractivity contribution is 5.72. The second-order valence-corrected chi connectivity index (χ2v) is 7.14. The first kappa shape index (κ1) is 21.0. The van der Waals surface area contributed by atoms with Crippen molar-refractivity contribution in [2.45, 2.75) is 52.4 Å². The molecule has 0 saturated heterocycles. The standard InChI is InChI=1S/C22H32O3/c1-8-13-21(5,6)22(14-9-2,16-20(23)25-10-3)18-15-17(4)11-12-19(18)24-7/h8-9,11-12,15H,1-2,10,13-14,16H2,3-7H3/t22-/m0/s1. The highest BCUT2D eigenvalue weighted by Gasteiger charge is 2.48. The van der Waals surface area contributed by atoms with E-state index in [9.17, 15) is 4.79 Å². The van der Waals surface area contributed by atoms with Gasteiger partial charge in [-0.25, -0.2) is 0 Å². The Kier molecular flexibility index (Phi) is 7.47. The first-order chi connectivity index (χ1) is 11.8. The highest BCUT2D eigenvalue weighted by Crippen LogP contribution is 2.52. The molecule has 0 saturated carbocycles. The van der Waals surface area contributed by atoms with Crippen LogP contribution in [0.2, 0.25) is 0 Å². The third-order valence-electron chi connectivity index (χ3n) is 5.06. The largest absolute Gasteiger partial charge is 0.496 e. The molecule has 3 nitrogen and oxygen atoms in total. The Hall–Kier alpha value is -2.03. The molecule has 0 unspecified atom stereocenters. The minimum absolute atomic E-state index is 0.204. The van der Waals surface area contributed by atoms with E-state index in [0.29, 0.717) is 13.0 Å². The molecular weight excluding hydrogens is 312 g/mol. The lowest BCUT2D eigenvalue weighted by Gasteiger charge is -2.47. The summed E-state index contributed by atoms with van der Waals surface area (Å²) in [6, 6.07) is 6.11. The van der Waals surface area contributed by atoms with E-state index in [1.165, 1.54) is 0 Å². The zero-order valence-corrected chi connectivity index (χ0v) is 16.4. The maximum absolute atomic E-state index is 12.5. The molecule has 25 heavy (non-hydrogen) atoms. The third-order valence-corrected chi connectivity index (χ3v) is 5.06. The Morgan fingerprint density at radius 3 is 2.36 bits per heavy atom. The van der Waals surface area contributed by atoms with Crippen LogP contribution in [0.1, 0.15) is 51.2 Å². The van der Waals surface area contributed by atoms with Gasteiger partial charge in [-0.3, -0.25) is 4.79 Å². The molecule has 0 heterocycles. The lowest BCUT2D eigenvalue weighted by atomic mass is 9.56. The molecule has 0 aromatic heterocycles. The molecule has 1 rings (SSSR count). The number of hydrogen-bond acceptors (Lipinski definition) is 3. The number of carbonyl (C=O) groups is 1. The van der Waals surface area contributed by atoms with Crippen molar-refractivity contribution in [1.82, 2.24) is 0 Å². The van der Waals surface area contributed by atoms with Crippen LogP contribution < -0.4 is 4.74 Å². The first-order valence-electron chi connectivity index (χ1n) is 8.80. The van der Waals surface area contributed by atoms with Crippen LogP contribution in [0.4, 0.5) is 0 Å². The number of rotatable bonds is 10. The number of aryl methyl sites for hydroxylation is 1. The summed E-state index contributed by atoms with van der Waals surface area (Å²) in [7, 11) is 1.66. The molecule has 0 spiro atoms. The van der Waals surface area contributed by atoms with Crippen LogP contribution in [0.3, 0.4) is 0 Å². The molecule has 3 heteroatoms. The molecule has 0 fully saturated rings. The van der Waals surface area contributed by atoms with Gasteiger partial charge in [0.15, 0.2) is 0 Å². The van der Waals surface area contributed by atoms with E-state index in [4.69, 9.17) is 9.47 Å². The summed E-state index contributed by atoms with van der Waals surface area (Å²) in [6.45, 7) is 16.5. The molecule has 0 amide bonds. The minimum Gasteiger partial charge on any atom is -0.496 e. The van der Waals surface area contributed by atoms with Crippen molar-refractivity contribution < 1.29 is 14.3 Å². The van der Waals surface area contributed by atoms with Gasteiger partial charge in [0.05, 0.1) is 20.1 Å². The summed E-state index contributed by atoms with van der Waals surface area (Å²) >= 11 is 0. The van der Waals surface area contributed by atoms with Crippen molar-refractivity contribution in [3.8, 4) is 5.75 Å². The van der Waals surface area contributed by atoms with Gasteiger partial charge in [-0.1, -0.05) is 43.7 Å². The number of benzene rings is 1. The van der Waals surface area contributed by atoms with Crippen LogP contribution >= 0.6 is 0 Å². The number of hydrogen-bond donors (Lipinski definition) is 0. The van der Waals surface area contributed by atoms with Gasteiger partial charge < -0.3 is 9.47 Å².